The summed E-state index contributed by atoms with van der Waals surface area (Å²) in [6.45, 7) is 0. The third kappa shape index (κ3) is 6.05. The molecule has 3 aromatic heterocycles. The molecular weight excluding hydrogens is 475 g/mol. The van der Waals surface area contributed by atoms with Gasteiger partial charge in [-0.2, -0.15) is 24.5 Å². The third-order valence-corrected chi connectivity index (χ3v) is 5.57. The van der Waals surface area contributed by atoms with Crippen LogP contribution in [0.3, 0.4) is 0 Å². The van der Waals surface area contributed by atoms with Crippen molar-refractivity contribution >= 4 is 57.1 Å². The molecule has 6 nitrogen and oxygen atoms in total. The maximum Gasteiger partial charge on any atom is 0.409 e. The number of thiophene rings is 1. The van der Waals surface area contributed by atoms with Crippen LogP contribution in [-0.2, 0) is 11.2 Å². The number of halogens is 4. The number of allylic oxidation sites excluding steroid dienone is 1. The second-order valence-electron chi connectivity index (χ2n) is 6.91. The molecule has 11 heteroatoms. The minimum absolute atomic E-state index is 0.0568. The van der Waals surface area contributed by atoms with Crippen molar-refractivity contribution < 1.29 is 18.0 Å². The molecule has 168 valence electrons. The SMILES string of the molecule is O=C(C=CC(F)(F)F)Nc1cc2c(Nc3ccc(Cc4ccsc4)c(Cl)c3)ncnc2cn1. The van der Waals surface area contributed by atoms with E-state index in [1.807, 2.05) is 23.6 Å². The lowest BCUT2D eigenvalue weighted by atomic mass is 10.1. The Morgan fingerprint density at radius 3 is 2.73 bits per heavy atom. The zero-order valence-corrected chi connectivity index (χ0v) is 18.3. The summed E-state index contributed by atoms with van der Waals surface area (Å²) in [5, 5.41) is 10.6. The molecule has 1 amide bonds. The number of fused-ring (bicyclic) bond motifs is 1. The van der Waals surface area contributed by atoms with Crippen LogP contribution in [0.1, 0.15) is 11.1 Å². The number of rotatable bonds is 6. The molecule has 0 radical (unpaired) electrons. The molecule has 0 aliphatic rings. The lowest BCUT2D eigenvalue weighted by Gasteiger charge is -2.11. The predicted octanol–water partition coefficient (Wildman–Crippen LogP) is 6.13. The number of nitrogens with zero attached hydrogens (tertiary/aromatic N) is 3. The van der Waals surface area contributed by atoms with E-state index in [4.69, 9.17) is 11.6 Å². The van der Waals surface area contributed by atoms with E-state index in [1.165, 1.54) is 24.2 Å². The summed E-state index contributed by atoms with van der Waals surface area (Å²) >= 11 is 8.09. The second-order valence-corrected chi connectivity index (χ2v) is 8.10. The van der Waals surface area contributed by atoms with E-state index in [0.717, 1.165) is 12.0 Å². The highest BCUT2D eigenvalue weighted by atomic mass is 35.5. The molecule has 33 heavy (non-hydrogen) atoms. The molecule has 2 N–H and O–H groups in total. The van der Waals surface area contributed by atoms with Crippen molar-refractivity contribution in [1.82, 2.24) is 15.0 Å². The quantitative estimate of drug-likeness (QED) is 0.318. The van der Waals surface area contributed by atoms with Crippen molar-refractivity contribution in [3.8, 4) is 0 Å². The van der Waals surface area contributed by atoms with Gasteiger partial charge in [0.25, 0.3) is 0 Å². The zero-order valence-electron chi connectivity index (χ0n) is 16.7. The Kier molecular flexibility index (Phi) is 6.57. The lowest BCUT2D eigenvalue weighted by Crippen LogP contribution is -2.11. The molecule has 4 aromatic rings. The Labute approximate surface area is 195 Å². The van der Waals surface area contributed by atoms with Gasteiger partial charge in [0.15, 0.2) is 0 Å². The molecule has 0 aliphatic carbocycles. The number of alkyl halides is 3. The number of anilines is 3. The molecule has 0 aliphatic heterocycles. The van der Waals surface area contributed by atoms with Crippen LogP contribution in [0.25, 0.3) is 10.9 Å². The van der Waals surface area contributed by atoms with Crippen molar-refractivity contribution in [3.63, 3.8) is 0 Å². The van der Waals surface area contributed by atoms with Crippen LogP contribution in [0.4, 0.5) is 30.5 Å². The first-order valence-electron chi connectivity index (χ1n) is 9.51. The standard InChI is InChI=1S/C22H15ClF3N5OS/c23-17-8-15(2-1-14(17)7-13-4-6-33-11-13)30-21-16-9-19(27-10-18(16)28-12-29-21)31-20(32)3-5-22(24,25)26/h1-6,8-12H,7H2,(H,27,31,32)(H,28,29,30). The largest absolute Gasteiger partial charge is 0.409 e. The summed E-state index contributed by atoms with van der Waals surface area (Å²) in [4.78, 5) is 24.1. The minimum atomic E-state index is -4.58. The Balaban J connectivity index is 1.55. The Hall–Kier alpha value is -3.50. The maximum absolute atomic E-state index is 12.3. The number of hydrogen-bond donors (Lipinski definition) is 2. The number of hydrogen-bond acceptors (Lipinski definition) is 6. The van der Waals surface area contributed by atoms with E-state index >= 15 is 0 Å². The van der Waals surface area contributed by atoms with Crippen LogP contribution < -0.4 is 10.6 Å². The molecule has 3 heterocycles. The van der Waals surface area contributed by atoms with Gasteiger partial charge in [-0.05, 0) is 52.6 Å². The van der Waals surface area contributed by atoms with Gasteiger partial charge in [-0.15, -0.1) is 0 Å². The molecule has 0 spiro atoms. The van der Waals surface area contributed by atoms with E-state index in [9.17, 15) is 18.0 Å². The van der Waals surface area contributed by atoms with Crippen molar-refractivity contribution in [3.05, 3.63) is 81.9 Å². The first-order valence-corrected chi connectivity index (χ1v) is 10.8. The predicted molar refractivity (Wildman–Crippen MR) is 123 cm³/mol. The number of aromatic nitrogens is 3. The number of carbonyl (C=O) groups excluding carboxylic acids is 1. The molecule has 0 saturated carbocycles. The Bertz CT molecular complexity index is 1330. The van der Waals surface area contributed by atoms with E-state index in [1.54, 1.807) is 17.4 Å². The summed E-state index contributed by atoms with van der Waals surface area (Å²) in [6, 6.07) is 9.09. The molecule has 4 rings (SSSR count). The summed E-state index contributed by atoms with van der Waals surface area (Å²) in [5.74, 6) is -0.481. The van der Waals surface area contributed by atoms with Crippen molar-refractivity contribution in [2.24, 2.45) is 0 Å². The highest BCUT2D eigenvalue weighted by Gasteiger charge is 2.22. The summed E-state index contributed by atoms with van der Waals surface area (Å²) in [7, 11) is 0. The van der Waals surface area contributed by atoms with E-state index < -0.39 is 12.1 Å². The molecule has 0 unspecified atom stereocenters. The molecule has 0 saturated heterocycles. The van der Waals surface area contributed by atoms with Gasteiger partial charge in [0.2, 0.25) is 5.91 Å². The number of amides is 1. The second kappa shape index (κ2) is 9.55. The highest BCUT2D eigenvalue weighted by molar-refractivity contribution is 7.07. The monoisotopic (exact) mass is 489 g/mol. The highest BCUT2D eigenvalue weighted by Crippen LogP contribution is 2.28. The average Bonchev–Trinajstić information content (AvgIpc) is 3.27. The van der Waals surface area contributed by atoms with Gasteiger partial charge in [-0.25, -0.2) is 15.0 Å². The summed E-state index contributed by atoms with van der Waals surface area (Å²) in [6.07, 6.45) is -0.876. The number of benzene rings is 1. The molecule has 1 aromatic carbocycles. The van der Waals surface area contributed by atoms with E-state index in [2.05, 4.69) is 31.0 Å². The smallest absolute Gasteiger partial charge is 0.340 e. The molecule has 0 bridgehead atoms. The fourth-order valence-electron chi connectivity index (χ4n) is 2.98. The third-order valence-electron chi connectivity index (χ3n) is 4.49. The van der Waals surface area contributed by atoms with Crippen LogP contribution in [0, 0.1) is 0 Å². The molecule has 0 atom stereocenters. The lowest BCUT2D eigenvalue weighted by molar-refractivity contribution is -0.112. The Morgan fingerprint density at radius 1 is 1.15 bits per heavy atom. The van der Waals surface area contributed by atoms with Crippen molar-refractivity contribution in [2.75, 3.05) is 10.6 Å². The van der Waals surface area contributed by atoms with Gasteiger partial charge in [0.1, 0.15) is 18.0 Å². The van der Waals surface area contributed by atoms with Gasteiger partial charge >= 0.3 is 6.18 Å². The number of carbonyl (C=O) groups is 1. The first-order chi connectivity index (χ1) is 15.8. The van der Waals surface area contributed by atoms with Crippen LogP contribution in [0.5, 0.6) is 0 Å². The maximum atomic E-state index is 12.3. The van der Waals surface area contributed by atoms with Gasteiger partial charge in [0, 0.05) is 28.2 Å². The van der Waals surface area contributed by atoms with Crippen molar-refractivity contribution in [1.29, 1.82) is 0 Å². The van der Waals surface area contributed by atoms with E-state index in [-0.39, 0.29) is 11.9 Å². The molecule has 0 fully saturated rings. The van der Waals surface area contributed by atoms with Crippen molar-refractivity contribution in [2.45, 2.75) is 12.6 Å². The fourth-order valence-corrected chi connectivity index (χ4v) is 3.90. The van der Waals surface area contributed by atoms with Gasteiger partial charge in [0.05, 0.1) is 11.7 Å². The van der Waals surface area contributed by atoms with Crippen LogP contribution in [0.2, 0.25) is 5.02 Å². The first kappa shape index (κ1) is 22.7. The van der Waals surface area contributed by atoms with Crippen LogP contribution in [0.15, 0.2) is 65.8 Å². The summed E-state index contributed by atoms with van der Waals surface area (Å²) < 4.78 is 36.8. The van der Waals surface area contributed by atoms with Crippen LogP contribution in [-0.4, -0.2) is 27.0 Å². The topological polar surface area (TPSA) is 79.8 Å². The van der Waals surface area contributed by atoms with Gasteiger partial charge in [-0.3, -0.25) is 4.79 Å². The zero-order chi connectivity index (χ0) is 23.4. The van der Waals surface area contributed by atoms with Crippen LogP contribution >= 0.6 is 22.9 Å². The fraction of sp³-hybridized carbons (Fsp3) is 0.0909. The Morgan fingerprint density at radius 2 is 2.00 bits per heavy atom. The summed E-state index contributed by atoms with van der Waals surface area (Å²) in [5.41, 5.74) is 3.33. The number of pyridine rings is 1. The van der Waals surface area contributed by atoms with Gasteiger partial charge < -0.3 is 10.6 Å². The average molecular weight is 490 g/mol. The normalized spacial score (nSPS) is 11.8. The molecular formula is C22H15ClF3N5OS. The van der Waals surface area contributed by atoms with E-state index in [0.29, 0.717) is 33.5 Å². The van der Waals surface area contributed by atoms with Gasteiger partial charge in [-0.1, -0.05) is 17.7 Å². The number of nitrogens with one attached hydrogen (secondary N) is 2. The minimum Gasteiger partial charge on any atom is -0.340 e.